The summed E-state index contributed by atoms with van der Waals surface area (Å²) in [5.41, 5.74) is 1.58. The lowest BCUT2D eigenvalue weighted by Crippen LogP contribution is -2.40. The van der Waals surface area contributed by atoms with E-state index in [0.717, 1.165) is 11.6 Å². The molecule has 112 valence electrons. The average Bonchev–Trinajstić information content (AvgIpc) is 2.47. The van der Waals surface area contributed by atoms with E-state index in [1.165, 1.54) is 13.2 Å². The van der Waals surface area contributed by atoms with E-state index in [2.05, 4.69) is 0 Å². The Morgan fingerprint density at radius 1 is 1.52 bits per heavy atom. The molecule has 1 aromatic carbocycles. The SMILES string of the molecule is COc1ccc(CN2CCOCC2=O)cc1C=CC(=O)O. The Balaban J connectivity index is 2.18. The van der Waals surface area contributed by atoms with E-state index in [4.69, 9.17) is 14.6 Å². The lowest BCUT2D eigenvalue weighted by molar-refractivity contribution is -0.143. The summed E-state index contributed by atoms with van der Waals surface area (Å²) >= 11 is 0. The average molecular weight is 291 g/mol. The molecule has 1 aliphatic rings. The van der Waals surface area contributed by atoms with Crippen LogP contribution in [0.2, 0.25) is 0 Å². The third kappa shape index (κ3) is 4.06. The zero-order valence-corrected chi connectivity index (χ0v) is 11.7. The molecule has 0 aromatic heterocycles. The standard InChI is InChI=1S/C15H17NO5/c1-20-13-4-2-11(8-12(13)3-5-15(18)19)9-16-6-7-21-10-14(16)17/h2-5,8H,6-7,9-10H2,1H3,(H,18,19). The summed E-state index contributed by atoms with van der Waals surface area (Å²) in [6.45, 7) is 1.68. The number of carbonyl (C=O) groups excluding carboxylic acids is 1. The van der Waals surface area contributed by atoms with Gasteiger partial charge in [-0.05, 0) is 23.8 Å². The zero-order valence-electron chi connectivity index (χ0n) is 11.7. The number of hydrogen-bond donors (Lipinski definition) is 1. The van der Waals surface area contributed by atoms with Gasteiger partial charge in [-0.15, -0.1) is 0 Å². The first-order valence-electron chi connectivity index (χ1n) is 6.53. The quantitative estimate of drug-likeness (QED) is 0.824. The van der Waals surface area contributed by atoms with Crippen LogP contribution in [-0.4, -0.2) is 48.8 Å². The second-order valence-corrected chi connectivity index (χ2v) is 4.62. The smallest absolute Gasteiger partial charge is 0.328 e. The molecule has 0 radical (unpaired) electrons. The molecule has 1 aromatic rings. The Hall–Kier alpha value is -2.34. The maximum absolute atomic E-state index is 11.7. The molecule has 1 fully saturated rings. The lowest BCUT2D eigenvalue weighted by Gasteiger charge is -2.27. The predicted molar refractivity (Wildman–Crippen MR) is 75.9 cm³/mol. The van der Waals surface area contributed by atoms with Crippen LogP contribution in [0.4, 0.5) is 0 Å². The third-order valence-corrected chi connectivity index (χ3v) is 3.16. The Morgan fingerprint density at radius 2 is 2.33 bits per heavy atom. The van der Waals surface area contributed by atoms with Gasteiger partial charge in [0.15, 0.2) is 0 Å². The molecule has 1 saturated heterocycles. The molecule has 0 bridgehead atoms. The first-order chi connectivity index (χ1) is 10.1. The highest BCUT2D eigenvalue weighted by atomic mass is 16.5. The van der Waals surface area contributed by atoms with Crippen molar-refractivity contribution in [2.75, 3.05) is 26.9 Å². The molecule has 2 rings (SSSR count). The van der Waals surface area contributed by atoms with Gasteiger partial charge in [-0.3, -0.25) is 4.79 Å². The monoisotopic (exact) mass is 291 g/mol. The van der Waals surface area contributed by atoms with Gasteiger partial charge in [0.1, 0.15) is 12.4 Å². The van der Waals surface area contributed by atoms with Gasteiger partial charge < -0.3 is 19.5 Å². The molecule has 0 aliphatic carbocycles. The summed E-state index contributed by atoms with van der Waals surface area (Å²) in [5.74, 6) is -0.477. The van der Waals surface area contributed by atoms with Crippen molar-refractivity contribution in [1.29, 1.82) is 0 Å². The van der Waals surface area contributed by atoms with Crippen LogP contribution < -0.4 is 4.74 Å². The van der Waals surface area contributed by atoms with Crippen molar-refractivity contribution in [3.63, 3.8) is 0 Å². The number of carbonyl (C=O) groups is 2. The number of nitrogens with zero attached hydrogens (tertiary/aromatic N) is 1. The van der Waals surface area contributed by atoms with Crippen LogP contribution in [-0.2, 0) is 20.9 Å². The van der Waals surface area contributed by atoms with Gasteiger partial charge in [0, 0.05) is 24.7 Å². The molecule has 0 saturated carbocycles. The van der Waals surface area contributed by atoms with Crippen LogP contribution in [0.5, 0.6) is 5.75 Å². The number of amides is 1. The number of aliphatic carboxylic acids is 1. The molecule has 1 amide bonds. The van der Waals surface area contributed by atoms with Crippen LogP contribution in [0.15, 0.2) is 24.3 Å². The van der Waals surface area contributed by atoms with Crippen LogP contribution in [0, 0.1) is 0 Å². The topological polar surface area (TPSA) is 76.1 Å². The maximum atomic E-state index is 11.7. The normalized spacial score (nSPS) is 15.5. The number of morpholine rings is 1. The van der Waals surface area contributed by atoms with E-state index in [0.29, 0.717) is 31.0 Å². The van der Waals surface area contributed by atoms with Crippen molar-refractivity contribution in [3.8, 4) is 5.75 Å². The highest BCUT2D eigenvalue weighted by Crippen LogP contribution is 2.22. The summed E-state index contributed by atoms with van der Waals surface area (Å²) < 4.78 is 10.3. The lowest BCUT2D eigenvalue weighted by atomic mass is 10.1. The van der Waals surface area contributed by atoms with Gasteiger partial charge in [0.25, 0.3) is 0 Å². The van der Waals surface area contributed by atoms with Crippen molar-refractivity contribution in [2.45, 2.75) is 6.54 Å². The predicted octanol–water partition coefficient (Wildman–Crippen LogP) is 1.15. The number of carboxylic acids is 1. The summed E-state index contributed by atoms with van der Waals surface area (Å²) in [7, 11) is 1.53. The van der Waals surface area contributed by atoms with Gasteiger partial charge in [0.05, 0.1) is 13.7 Å². The van der Waals surface area contributed by atoms with Gasteiger partial charge in [0.2, 0.25) is 5.91 Å². The van der Waals surface area contributed by atoms with E-state index in [9.17, 15) is 9.59 Å². The number of rotatable bonds is 5. The molecule has 0 atom stereocenters. The third-order valence-electron chi connectivity index (χ3n) is 3.16. The fraction of sp³-hybridized carbons (Fsp3) is 0.333. The van der Waals surface area contributed by atoms with E-state index < -0.39 is 5.97 Å². The molecule has 1 N–H and O–H groups in total. The summed E-state index contributed by atoms with van der Waals surface area (Å²) in [5, 5.41) is 8.71. The summed E-state index contributed by atoms with van der Waals surface area (Å²) in [4.78, 5) is 24.0. The van der Waals surface area contributed by atoms with Crippen molar-refractivity contribution < 1.29 is 24.2 Å². The minimum atomic E-state index is -1.02. The van der Waals surface area contributed by atoms with E-state index in [1.807, 2.05) is 12.1 Å². The van der Waals surface area contributed by atoms with E-state index in [-0.39, 0.29) is 12.5 Å². The molecular weight excluding hydrogens is 274 g/mol. The highest BCUT2D eigenvalue weighted by Gasteiger charge is 2.18. The molecular formula is C15H17NO5. The summed E-state index contributed by atoms with van der Waals surface area (Å²) in [6.07, 6.45) is 2.54. The molecule has 6 heteroatoms. The highest BCUT2D eigenvalue weighted by molar-refractivity contribution is 5.86. The van der Waals surface area contributed by atoms with Crippen LogP contribution in [0.3, 0.4) is 0 Å². The second-order valence-electron chi connectivity index (χ2n) is 4.62. The molecule has 1 aliphatic heterocycles. The Labute approximate surface area is 122 Å². The fourth-order valence-corrected chi connectivity index (χ4v) is 2.11. The number of carboxylic acid groups (broad SMARTS) is 1. The molecule has 0 unspecified atom stereocenters. The zero-order chi connectivity index (χ0) is 15.2. The fourth-order valence-electron chi connectivity index (χ4n) is 2.11. The number of methoxy groups -OCH3 is 1. The largest absolute Gasteiger partial charge is 0.496 e. The van der Waals surface area contributed by atoms with Crippen LogP contribution >= 0.6 is 0 Å². The van der Waals surface area contributed by atoms with E-state index in [1.54, 1.807) is 11.0 Å². The minimum Gasteiger partial charge on any atom is -0.496 e. The van der Waals surface area contributed by atoms with Crippen molar-refractivity contribution in [2.24, 2.45) is 0 Å². The number of ether oxygens (including phenoxy) is 2. The Kier molecular flexibility index (Phi) is 4.94. The minimum absolute atomic E-state index is 0.0419. The van der Waals surface area contributed by atoms with Crippen LogP contribution in [0.25, 0.3) is 6.08 Å². The van der Waals surface area contributed by atoms with Gasteiger partial charge in [-0.2, -0.15) is 0 Å². The van der Waals surface area contributed by atoms with Crippen molar-refractivity contribution >= 4 is 18.0 Å². The van der Waals surface area contributed by atoms with Crippen LogP contribution in [0.1, 0.15) is 11.1 Å². The first kappa shape index (κ1) is 15.1. The number of benzene rings is 1. The maximum Gasteiger partial charge on any atom is 0.328 e. The number of hydrogen-bond acceptors (Lipinski definition) is 4. The molecule has 6 nitrogen and oxygen atoms in total. The Morgan fingerprint density at radius 3 is 3.00 bits per heavy atom. The first-order valence-corrected chi connectivity index (χ1v) is 6.53. The van der Waals surface area contributed by atoms with Gasteiger partial charge in [-0.25, -0.2) is 4.79 Å². The van der Waals surface area contributed by atoms with Crippen molar-refractivity contribution in [1.82, 2.24) is 4.90 Å². The molecule has 21 heavy (non-hydrogen) atoms. The summed E-state index contributed by atoms with van der Waals surface area (Å²) in [6, 6.07) is 5.45. The van der Waals surface area contributed by atoms with Gasteiger partial charge >= 0.3 is 5.97 Å². The molecule has 1 heterocycles. The van der Waals surface area contributed by atoms with E-state index >= 15 is 0 Å². The van der Waals surface area contributed by atoms with Crippen molar-refractivity contribution in [3.05, 3.63) is 35.4 Å². The Bertz CT molecular complexity index is 567. The molecule has 0 spiro atoms. The second kappa shape index (κ2) is 6.90. The van der Waals surface area contributed by atoms with Gasteiger partial charge in [-0.1, -0.05) is 6.07 Å².